The van der Waals surface area contributed by atoms with Crippen molar-refractivity contribution in [2.24, 2.45) is 5.73 Å². The van der Waals surface area contributed by atoms with Crippen LogP contribution in [0.5, 0.6) is 11.6 Å². The number of ether oxygens (including phenoxy) is 2. The number of hydrogen-bond acceptors (Lipinski definition) is 6. The average molecular weight is 288 g/mol. The van der Waals surface area contributed by atoms with Gasteiger partial charge in [0.05, 0.1) is 19.0 Å². The summed E-state index contributed by atoms with van der Waals surface area (Å²) in [7, 11) is 0. The first-order valence-corrected chi connectivity index (χ1v) is 6.96. The van der Waals surface area contributed by atoms with Crippen molar-refractivity contribution >= 4 is 11.5 Å². The molecule has 2 aromatic rings. The normalized spacial score (nSPS) is 10.2. The van der Waals surface area contributed by atoms with Crippen LogP contribution in [-0.2, 0) is 0 Å². The maximum atomic E-state index is 5.45. The van der Waals surface area contributed by atoms with Crippen molar-refractivity contribution in [1.29, 1.82) is 0 Å². The Morgan fingerprint density at radius 3 is 2.62 bits per heavy atom. The van der Waals surface area contributed by atoms with Crippen LogP contribution in [0, 0.1) is 0 Å². The summed E-state index contributed by atoms with van der Waals surface area (Å²) in [6.45, 7) is 3.68. The van der Waals surface area contributed by atoms with Gasteiger partial charge in [-0.05, 0) is 30.7 Å². The summed E-state index contributed by atoms with van der Waals surface area (Å²) in [6, 6.07) is 7.58. The molecule has 6 nitrogen and oxygen atoms in total. The molecule has 0 bridgehead atoms. The molecule has 0 aliphatic heterocycles. The second kappa shape index (κ2) is 8.06. The van der Waals surface area contributed by atoms with Crippen molar-refractivity contribution in [2.75, 3.05) is 25.1 Å². The molecule has 0 atom stereocenters. The summed E-state index contributed by atoms with van der Waals surface area (Å²) in [5, 5.41) is 3.17. The van der Waals surface area contributed by atoms with E-state index >= 15 is 0 Å². The smallest absolute Gasteiger partial charge is 0.234 e. The van der Waals surface area contributed by atoms with E-state index in [-0.39, 0.29) is 0 Å². The van der Waals surface area contributed by atoms with E-state index in [9.17, 15) is 0 Å². The highest BCUT2D eigenvalue weighted by atomic mass is 16.5. The van der Waals surface area contributed by atoms with Crippen molar-refractivity contribution < 1.29 is 9.47 Å². The van der Waals surface area contributed by atoms with Crippen LogP contribution in [0.4, 0.5) is 11.5 Å². The standard InChI is InChI=1S/C15H20N4O2/c1-2-8-21-15-11-17-10-14(19-15)18-12-3-5-13(6-4-12)20-9-7-16/h3-6,10-11H,2,7-9,16H2,1H3,(H,18,19). The van der Waals surface area contributed by atoms with Gasteiger partial charge in [-0.2, -0.15) is 4.98 Å². The number of nitrogens with two attached hydrogens (primary N) is 1. The molecule has 6 heteroatoms. The summed E-state index contributed by atoms with van der Waals surface area (Å²) in [6.07, 6.45) is 4.19. The lowest BCUT2D eigenvalue weighted by Crippen LogP contribution is -2.10. The Labute approximate surface area is 124 Å². The van der Waals surface area contributed by atoms with Gasteiger partial charge in [0.2, 0.25) is 5.88 Å². The zero-order chi connectivity index (χ0) is 14.9. The van der Waals surface area contributed by atoms with E-state index in [1.807, 2.05) is 31.2 Å². The number of aromatic nitrogens is 2. The molecular weight excluding hydrogens is 268 g/mol. The van der Waals surface area contributed by atoms with E-state index in [1.165, 1.54) is 0 Å². The van der Waals surface area contributed by atoms with E-state index in [1.54, 1.807) is 12.4 Å². The molecule has 0 saturated heterocycles. The van der Waals surface area contributed by atoms with E-state index in [0.29, 0.717) is 31.5 Å². The SMILES string of the molecule is CCCOc1cncc(Nc2ccc(OCCN)cc2)n1. The van der Waals surface area contributed by atoms with Gasteiger partial charge in [-0.1, -0.05) is 6.92 Å². The molecule has 0 spiro atoms. The van der Waals surface area contributed by atoms with Crippen LogP contribution < -0.4 is 20.5 Å². The van der Waals surface area contributed by atoms with Gasteiger partial charge < -0.3 is 20.5 Å². The van der Waals surface area contributed by atoms with E-state index < -0.39 is 0 Å². The Morgan fingerprint density at radius 2 is 1.90 bits per heavy atom. The van der Waals surface area contributed by atoms with Gasteiger partial charge in [0, 0.05) is 12.2 Å². The molecule has 0 radical (unpaired) electrons. The minimum absolute atomic E-state index is 0.500. The van der Waals surface area contributed by atoms with Crippen LogP contribution in [0.25, 0.3) is 0 Å². The number of benzene rings is 1. The Morgan fingerprint density at radius 1 is 1.10 bits per heavy atom. The predicted molar refractivity (Wildman–Crippen MR) is 82.1 cm³/mol. The Hall–Kier alpha value is -2.34. The molecule has 1 heterocycles. The van der Waals surface area contributed by atoms with Gasteiger partial charge in [-0.15, -0.1) is 0 Å². The lowest BCUT2D eigenvalue weighted by Gasteiger charge is -2.09. The topological polar surface area (TPSA) is 82.3 Å². The summed E-state index contributed by atoms with van der Waals surface area (Å²) < 4.78 is 10.9. The maximum absolute atomic E-state index is 5.45. The van der Waals surface area contributed by atoms with Crippen LogP contribution in [-0.4, -0.2) is 29.7 Å². The third kappa shape index (κ3) is 4.92. The first kappa shape index (κ1) is 15.1. The molecule has 0 unspecified atom stereocenters. The molecule has 1 aromatic carbocycles. The number of nitrogens with one attached hydrogen (secondary N) is 1. The van der Waals surface area contributed by atoms with Crippen LogP contribution in [0.2, 0.25) is 0 Å². The zero-order valence-electron chi connectivity index (χ0n) is 12.1. The molecule has 21 heavy (non-hydrogen) atoms. The average Bonchev–Trinajstić information content (AvgIpc) is 2.53. The van der Waals surface area contributed by atoms with E-state index in [0.717, 1.165) is 17.9 Å². The van der Waals surface area contributed by atoms with Crippen LogP contribution in [0.1, 0.15) is 13.3 Å². The fourth-order valence-electron chi connectivity index (χ4n) is 1.64. The third-order valence-electron chi connectivity index (χ3n) is 2.58. The third-order valence-corrected chi connectivity index (χ3v) is 2.58. The Kier molecular flexibility index (Phi) is 5.78. The van der Waals surface area contributed by atoms with Crippen molar-refractivity contribution in [3.8, 4) is 11.6 Å². The Bertz CT molecular complexity index is 546. The monoisotopic (exact) mass is 288 g/mol. The Balaban J connectivity index is 1.97. The van der Waals surface area contributed by atoms with E-state index in [4.69, 9.17) is 15.2 Å². The summed E-state index contributed by atoms with van der Waals surface area (Å²) in [5.41, 5.74) is 6.29. The van der Waals surface area contributed by atoms with Gasteiger partial charge in [-0.3, -0.25) is 4.98 Å². The zero-order valence-corrected chi connectivity index (χ0v) is 12.1. The van der Waals surface area contributed by atoms with Gasteiger partial charge in [-0.25, -0.2) is 0 Å². The summed E-state index contributed by atoms with van der Waals surface area (Å²) in [5.74, 6) is 1.95. The number of rotatable bonds is 8. The van der Waals surface area contributed by atoms with Gasteiger partial charge in [0.25, 0.3) is 0 Å². The molecule has 0 aliphatic rings. The maximum Gasteiger partial charge on any atom is 0.234 e. The highest BCUT2D eigenvalue weighted by Crippen LogP contribution is 2.19. The molecule has 0 amide bonds. The van der Waals surface area contributed by atoms with Crippen LogP contribution >= 0.6 is 0 Å². The molecule has 0 saturated carbocycles. The molecule has 112 valence electrons. The fourth-order valence-corrected chi connectivity index (χ4v) is 1.64. The second-order valence-corrected chi connectivity index (χ2v) is 4.38. The van der Waals surface area contributed by atoms with Crippen molar-refractivity contribution in [2.45, 2.75) is 13.3 Å². The molecule has 0 aliphatic carbocycles. The minimum atomic E-state index is 0.500. The van der Waals surface area contributed by atoms with Crippen molar-refractivity contribution in [3.63, 3.8) is 0 Å². The molecule has 3 N–H and O–H groups in total. The summed E-state index contributed by atoms with van der Waals surface area (Å²) >= 11 is 0. The van der Waals surface area contributed by atoms with Crippen molar-refractivity contribution in [3.05, 3.63) is 36.7 Å². The van der Waals surface area contributed by atoms with Gasteiger partial charge >= 0.3 is 0 Å². The summed E-state index contributed by atoms with van der Waals surface area (Å²) in [4.78, 5) is 8.44. The van der Waals surface area contributed by atoms with Gasteiger partial charge in [0.1, 0.15) is 12.4 Å². The second-order valence-electron chi connectivity index (χ2n) is 4.38. The van der Waals surface area contributed by atoms with Crippen LogP contribution in [0.15, 0.2) is 36.7 Å². The van der Waals surface area contributed by atoms with E-state index in [2.05, 4.69) is 15.3 Å². The molecular formula is C15H20N4O2. The fraction of sp³-hybridized carbons (Fsp3) is 0.333. The molecule has 2 rings (SSSR count). The highest BCUT2D eigenvalue weighted by Gasteiger charge is 2.01. The minimum Gasteiger partial charge on any atom is -0.492 e. The van der Waals surface area contributed by atoms with Crippen molar-refractivity contribution in [1.82, 2.24) is 9.97 Å². The van der Waals surface area contributed by atoms with Crippen LogP contribution in [0.3, 0.4) is 0 Å². The first-order chi connectivity index (χ1) is 10.3. The quantitative estimate of drug-likeness (QED) is 0.776. The highest BCUT2D eigenvalue weighted by molar-refractivity contribution is 5.56. The first-order valence-electron chi connectivity index (χ1n) is 6.96. The number of nitrogens with zero attached hydrogens (tertiary/aromatic N) is 2. The lowest BCUT2D eigenvalue weighted by molar-refractivity contribution is 0.304. The van der Waals surface area contributed by atoms with Gasteiger partial charge in [0.15, 0.2) is 5.82 Å². The molecule has 0 fully saturated rings. The molecule has 1 aromatic heterocycles. The number of anilines is 2. The lowest BCUT2D eigenvalue weighted by atomic mass is 10.3. The largest absolute Gasteiger partial charge is 0.492 e. The predicted octanol–water partition coefficient (Wildman–Crippen LogP) is 2.35. The number of hydrogen-bond donors (Lipinski definition) is 2.